The number of rotatable bonds is 10. The molecule has 9 heteroatoms. The average molecular weight is 504 g/mol. The van der Waals surface area contributed by atoms with Gasteiger partial charge in [0.1, 0.15) is 0 Å². The molecular formula is C17H37IN4O3S. The molecule has 0 atom stereocenters. The van der Waals surface area contributed by atoms with Gasteiger partial charge in [0.2, 0.25) is 0 Å². The van der Waals surface area contributed by atoms with Gasteiger partial charge in [0, 0.05) is 32.7 Å². The van der Waals surface area contributed by atoms with E-state index in [1.807, 2.05) is 6.92 Å². The van der Waals surface area contributed by atoms with Gasteiger partial charge in [-0.15, -0.1) is 24.0 Å². The zero-order chi connectivity index (χ0) is 18.8. The Morgan fingerprint density at radius 3 is 2.19 bits per heavy atom. The van der Waals surface area contributed by atoms with Crippen molar-refractivity contribution < 1.29 is 13.5 Å². The number of halogens is 1. The number of nitrogens with one attached hydrogen (secondary N) is 2. The van der Waals surface area contributed by atoms with E-state index in [1.165, 1.54) is 0 Å². The predicted octanol–water partition coefficient (Wildman–Crippen LogP) is 1.22. The van der Waals surface area contributed by atoms with Gasteiger partial charge in [-0.25, -0.2) is 8.42 Å². The molecule has 0 aromatic carbocycles. The summed E-state index contributed by atoms with van der Waals surface area (Å²) in [6, 6.07) is 0. The Hall–Kier alpha value is -0.130. The summed E-state index contributed by atoms with van der Waals surface area (Å²) >= 11 is 0. The molecule has 0 bridgehead atoms. The highest BCUT2D eigenvalue weighted by molar-refractivity contribution is 14.0. The van der Waals surface area contributed by atoms with Gasteiger partial charge in [-0.2, -0.15) is 0 Å². The predicted molar refractivity (Wildman–Crippen MR) is 119 cm³/mol. The highest BCUT2D eigenvalue weighted by atomic mass is 127. The molecule has 156 valence electrons. The smallest absolute Gasteiger partial charge is 0.191 e. The van der Waals surface area contributed by atoms with Gasteiger partial charge < -0.3 is 15.7 Å². The van der Waals surface area contributed by atoms with Crippen molar-refractivity contribution in [3.8, 4) is 0 Å². The Balaban J connectivity index is 0.00000625. The number of hydrogen-bond acceptors (Lipinski definition) is 5. The number of sulfone groups is 1. The van der Waals surface area contributed by atoms with E-state index in [-0.39, 0.29) is 35.5 Å². The first-order valence-corrected chi connectivity index (χ1v) is 11.3. The molecule has 26 heavy (non-hydrogen) atoms. The second-order valence-corrected chi connectivity index (χ2v) is 9.14. The Labute approximate surface area is 176 Å². The molecule has 1 saturated heterocycles. The van der Waals surface area contributed by atoms with Crippen molar-refractivity contribution in [3.63, 3.8) is 0 Å². The first-order chi connectivity index (χ1) is 11.8. The molecule has 3 N–H and O–H groups in total. The van der Waals surface area contributed by atoms with E-state index >= 15 is 0 Å². The van der Waals surface area contributed by atoms with Crippen LogP contribution in [0.4, 0.5) is 0 Å². The molecule has 1 aliphatic rings. The quantitative estimate of drug-likeness (QED) is 0.235. The Bertz CT molecular complexity index is 494. The molecular weight excluding hydrogens is 467 g/mol. The SMILES string of the molecule is CCCC(O)(CCC)CN=C(NCC)NCCN1CCS(=O)(=O)CC1.I. The summed E-state index contributed by atoms with van der Waals surface area (Å²) in [6.07, 6.45) is 3.39. The molecule has 0 aromatic heterocycles. The summed E-state index contributed by atoms with van der Waals surface area (Å²) in [6.45, 7) is 10.0. The van der Waals surface area contributed by atoms with Gasteiger partial charge in [-0.05, 0) is 19.8 Å². The number of nitrogens with zero attached hydrogens (tertiary/aromatic N) is 2. The van der Waals surface area contributed by atoms with Crippen LogP contribution in [0.2, 0.25) is 0 Å². The summed E-state index contributed by atoms with van der Waals surface area (Å²) in [7, 11) is -2.83. The van der Waals surface area contributed by atoms with E-state index in [1.54, 1.807) is 0 Å². The minimum Gasteiger partial charge on any atom is -0.388 e. The normalized spacial score (nSPS) is 18.2. The van der Waals surface area contributed by atoms with Crippen LogP contribution in [-0.2, 0) is 9.84 Å². The maximum Gasteiger partial charge on any atom is 0.191 e. The van der Waals surface area contributed by atoms with Crippen molar-refractivity contribution in [2.24, 2.45) is 4.99 Å². The molecule has 1 heterocycles. The van der Waals surface area contributed by atoms with E-state index in [4.69, 9.17) is 0 Å². The summed E-state index contributed by atoms with van der Waals surface area (Å²) in [4.78, 5) is 6.71. The van der Waals surface area contributed by atoms with Gasteiger partial charge >= 0.3 is 0 Å². The van der Waals surface area contributed by atoms with Crippen molar-refractivity contribution in [2.75, 3.05) is 50.8 Å². The fourth-order valence-electron chi connectivity index (χ4n) is 3.09. The monoisotopic (exact) mass is 504 g/mol. The molecule has 7 nitrogen and oxygen atoms in total. The summed E-state index contributed by atoms with van der Waals surface area (Å²) in [5.74, 6) is 1.21. The van der Waals surface area contributed by atoms with Crippen molar-refractivity contribution in [3.05, 3.63) is 0 Å². The van der Waals surface area contributed by atoms with Crippen molar-refractivity contribution in [2.45, 2.75) is 52.1 Å². The van der Waals surface area contributed by atoms with Crippen LogP contribution in [0.1, 0.15) is 46.5 Å². The summed E-state index contributed by atoms with van der Waals surface area (Å²) in [5.41, 5.74) is -0.729. The minimum atomic E-state index is -2.83. The topological polar surface area (TPSA) is 94.0 Å². The van der Waals surface area contributed by atoms with Gasteiger partial charge in [0.15, 0.2) is 15.8 Å². The van der Waals surface area contributed by atoms with Crippen LogP contribution in [0.25, 0.3) is 0 Å². The highest BCUT2D eigenvalue weighted by Gasteiger charge is 2.24. The third kappa shape index (κ3) is 10.3. The van der Waals surface area contributed by atoms with Gasteiger partial charge in [-0.1, -0.05) is 26.7 Å². The lowest BCUT2D eigenvalue weighted by atomic mass is 9.93. The second kappa shape index (κ2) is 13.1. The van der Waals surface area contributed by atoms with Crippen LogP contribution in [0.5, 0.6) is 0 Å². The molecule has 0 aliphatic carbocycles. The maximum absolute atomic E-state index is 11.5. The molecule has 1 rings (SSSR count). The fraction of sp³-hybridized carbons (Fsp3) is 0.941. The van der Waals surface area contributed by atoms with Crippen molar-refractivity contribution in [1.82, 2.24) is 15.5 Å². The Morgan fingerprint density at radius 1 is 1.12 bits per heavy atom. The fourth-order valence-corrected chi connectivity index (χ4v) is 4.36. The summed E-state index contributed by atoms with van der Waals surface area (Å²) < 4.78 is 22.9. The maximum atomic E-state index is 11.5. The number of guanidine groups is 1. The van der Waals surface area contributed by atoms with E-state index in [2.05, 4.69) is 34.4 Å². The largest absolute Gasteiger partial charge is 0.388 e. The van der Waals surface area contributed by atoms with Crippen LogP contribution < -0.4 is 10.6 Å². The molecule has 0 aromatic rings. The molecule has 0 saturated carbocycles. The molecule has 1 fully saturated rings. The van der Waals surface area contributed by atoms with E-state index in [0.717, 1.165) is 38.8 Å². The van der Waals surface area contributed by atoms with E-state index < -0.39 is 15.4 Å². The van der Waals surface area contributed by atoms with Crippen LogP contribution in [0.3, 0.4) is 0 Å². The molecule has 0 amide bonds. The molecule has 0 spiro atoms. The zero-order valence-electron chi connectivity index (χ0n) is 16.5. The lowest BCUT2D eigenvalue weighted by Crippen LogP contribution is -2.46. The summed E-state index contributed by atoms with van der Waals surface area (Å²) in [5, 5.41) is 17.2. The lowest BCUT2D eigenvalue weighted by Gasteiger charge is -2.27. The van der Waals surface area contributed by atoms with Crippen LogP contribution in [-0.4, -0.2) is 80.8 Å². The third-order valence-corrected chi connectivity index (χ3v) is 6.07. The molecule has 1 aliphatic heterocycles. The number of aliphatic imine (C=N–C) groups is 1. The van der Waals surface area contributed by atoms with Gasteiger partial charge in [0.05, 0.1) is 23.7 Å². The average Bonchev–Trinajstić information content (AvgIpc) is 2.55. The molecule has 0 radical (unpaired) electrons. The van der Waals surface area contributed by atoms with Crippen LogP contribution >= 0.6 is 24.0 Å². The Kier molecular flexibility index (Phi) is 13.0. The third-order valence-electron chi connectivity index (χ3n) is 4.46. The second-order valence-electron chi connectivity index (χ2n) is 6.84. The minimum absolute atomic E-state index is 0. The van der Waals surface area contributed by atoms with Crippen molar-refractivity contribution >= 4 is 39.8 Å². The van der Waals surface area contributed by atoms with E-state index in [9.17, 15) is 13.5 Å². The molecule has 0 unspecified atom stereocenters. The number of hydrogen-bond donors (Lipinski definition) is 3. The van der Waals surface area contributed by atoms with E-state index in [0.29, 0.717) is 32.1 Å². The standard InChI is InChI=1S/C17H36N4O3S.HI/c1-4-7-17(22,8-5-2)15-20-16(18-6-3)19-9-10-21-11-13-25(23,24)14-12-21;/h22H,4-15H2,1-3H3,(H2,18,19,20);1H. The van der Waals surface area contributed by atoms with Gasteiger partial charge in [-0.3, -0.25) is 9.89 Å². The van der Waals surface area contributed by atoms with Crippen LogP contribution in [0.15, 0.2) is 4.99 Å². The highest BCUT2D eigenvalue weighted by Crippen LogP contribution is 2.19. The van der Waals surface area contributed by atoms with Crippen LogP contribution in [0, 0.1) is 0 Å². The Morgan fingerprint density at radius 2 is 1.69 bits per heavy atom. The van der Waals surface area contributed by atoms with Crippen molar-refractivity contribution in [1.29, 1.82) is 0 Å². The first kappa shape index (κ1) is 25.9. The number of aliphatic hydroxyl groups is 1. The zero-order valence-corrected chi connectivity index (χ0v) is 19.6. The lowest BCUT2D eigenvalue weighted by molar-refractivity contribution is 0.0306. The van der Waals surface area contributed by atoms with Gasteiger partial charge in [0.25, 0.3) is 0 Å². The first-order valence-electron chi connectivity index (χ1n) is 9.51.